The Balaban J connectivity index is 2.12. The van der Waals surface area contributed by atoms with Crippen molar-refractivity contribution in [3.63, 3.8) is 0 Å². The third-order valence-electron chi connectivity index (χ3n) is 3.13. The van der Waals surface area contributed by atoms with Crippen LogP contribution in [0.4, 0.5) is 0 Å². The van der Waals surface area contributed by atoms with E-state index in [1.807, 2.05) is 36.4 Å². The van der Waals surface area contributed by atoms with Crippen molar-refractivity contribution in [3.8, 4) is 6.07 Å². The van der Waals surface area contributed by atoms with Crippen molar-refractivity contribution in [3.05, 3.63) is 71.3 Å². The van der Waals surface area contributed by atoms with Crippen molar-refractivity contribution in [1.82, 2.24) is 4.31 Å². The Hall–Kier alpha value is -2.16. The predicted octanol–water partition coefficient (Wildman–Crippen LogP) is 2.52. The zero-order valence-electron chi connectivity index (χ0n) is 11.7. The zero-order chi connectivity index (χ0) is 15.3. The minimum atomic E-state index is -3.41. The normalized spacial score (nSPS) is 11.3. The topological polar surface area (TPSA) is 61.2 Å². The first-order valence-corrected chi connectivity index (χ1v) is 8.09. The molecule has 0 amide bonds. The molecule has 0 aliphatic heterocycles. The van der Waals surface area contributed by atoms with Gasteiger partial charge in [0.05, 0.1) is 17.4 Å². The molecule has 0 aromatic heterocycles. The van der Waals surface area contributed by atoms with E-state index >= 15 is 0 Å². The third kappa shape index (κ3) is 4.15. The van der Waals surface area contributed by atoms with E-state index in [1.54, 1.807) is 31.3 Å². The molecule has 0 heterocycles. The molecule has 0 aliphatic carbocycles. The molecule has 2 rings (SSSR count). The molecule has 0 aliphatic rings. The Kier molecular flexibility index (Phi) is 4.73. The molecule has 0 bridgehead atoms. The van der Waals surface area contributed by atoms with Crippen molar-refractivity contribution in [2.75, 3.05) is 7.05 Å². The molecular weight excluding hydrogens is 284 g/mol. The molecule has 21 heavy (non-hydrogen) atoms. The highest BCUT2D eigenvalue weighted by Gasteiger charge is 2.18. The van der Waals surface area contributed by atoms with E-state index in [0.29, 0.717) is 17.7 Å². The van der Waals surface area contributed by atoms with Gasteiger partial charge in [0.15, 0.2) is 0 Å². The molecule has 0 saturated carbocycles. The lowest BCUT2D eigenvalue weighted by atomic mass is 10.2. The number of nitriles is 1. The molecule has 0 atom stereocenters. The fourth-order valence-electron chi connectivity index (χ4n) is 1.99. The molecule has 0 saturated heterocycles. The van der Waals surface area contributed by atoms with E-state index in [9.17, 15) is 8.42 Å². The van der Waals surface area contributed by atoms with Gasteiger partial charge in [-0.05, 0) is 23.3 Å². The number of hydrogen-bond donors (Lipinski definition) is 0. The van der Waals surface area contributed by atoms with E-state index in [4.69, 9.17) is 5.26 Å². The zero-order valence-corrected chi connectivity index (χ0v) is 12.5. The highest BCUT2D eigenvalue weighted by molar-refractivity contribution is 7.88. The summed E-state index contributed by atoms with van der Waals surface area (Å²) in [5.41, 5.74) is 2.02. The van der Waals surface area contributed by atoms with Gasteiger partial charge in [-0.3, -0.25) is 0 Å². The lowest BCUT2D eigenvalue weighted by Crippen LogP contribution is -2.27. The number of rotatable bonds is 5. The van der Waals surface area contributed by atoms with E-state index < -0.39 is 10.0 Å². The summed E-state index contributed by atoms with van der Waals surface area (Å²) < 4.78 is 26.0. The quantitative estimate of drug-likeness (QED) is 0.852. The van der Waals surface area contributed by atoms with Crippen LogP contribution < -0.4 is 0 Å². The Morgan fingerprint density at radius 2 is 1.71 bits per heavy atom. The fraction of sp³-hybridized carbons (Fsp3) is 0.188. The molecule has 2 aromatic rings. The van der Waals surface area contributed by atoms with Gasteiger partial charge in [-0.1, -0.05) is 42.5 Å². The fourth-order valence-corrected chi connectivity index (χ4v) is 3.16. The van der Waals surface area contributed by atoms with Gasteiger partial charge >= 0.3 is 0 Å². The molecule has 0 N–H and O–H groups in total. The summed E-state index contributed by atoms with van der Waals surface area (Å²) in [6.07, 6.45) is 0. The lowest BCUT2D eigenvalue weighted by Gasteiger charge is -2.17. The molecule has 0 fully saturated rings. The maximum absolute atomic E-state index is 12.3. The monoisotopic (exact) mass is 300 g/mol. The van der Waals surface area contributed by atoms with Gasteiger partial charge in [0.25, 0.3) is 0 Å². The average Bonchev–Trinajstić information content (AvgIpc) is 2.48. The Labute approximate surface area is 125 Å². The first kappa shape index (κ1) is 15.2. The summed E-state index contributed by atoms with van der Waals surface area (Å²) in [6.45, 7) is 0.334. The number of hydrogen-bond acceptors (Lipinski definition) is 3. The number of sulfonamides is 1. The van der Waals surface area contributed by atoms with Crippen LogP contribution in [-0.4, -0.2) is 19.8 Å². The number of benzene rings is 2. The summed E-state index contributed by atoms with van der Waals surface area (Å²) in [5, 5.41) is 8.85. The van der Waals surface area contributed by atoms with Gasteiger partial charge in [-0.25, -0.2) is 12.7 Å². The van der Waals surface area contributed by atoms with Crippen LogP contribution in [0.5, 0.6) is 0 Å². The smallest absolute Gasteiger partial charge is 0.212 e. The minimum absolute atomic E-state index is 0.105. The van der Waals surface area contributed by atoms with Crippen molar-refractivity contribution in [2.45, 2.75) is 12.3 Å². The maximum Gasteiger partial charge on any atom is 0.218 e. The van der Waals surface area contributed by atoms with Crippen LogP contribution >= 0.6 is 0 Å². The predicted molar refractivity (Wildman–Crippen MR) is 81.7 cm³/mol. The maximum atomic E-state index is 12.3. The van der Waals surface area contributed by atoms with E-state index in [-0.39, 0.29) is 5.75 Å². The Morgan fingerprint density at radius 3 is 2.38 bits per heavy atom. The van der Waals surface area contributed by atoms with Crippen LogP contribution in [0.2, 0.25) is 0 Å². The minimum Gasteiger partial charge on any atom is -0.212 e. The summed E-state index contributed by atoms with van der Waals surface area (Å²) in [7, 11) is -1.85. The Bertz CT molecular complexity index is 749. The third-order valence-corrected chi connectivity index (χ3v) is 4.91. The van der Waals surface area contributed by atoms with Gasteiger partial charge in [0.2, 0.25) is 10.0 Å². The second-order valence-electron chi connectivity index (χ2n) is 4.81. The van der Waals surface area contributed by atoms with Crippen LogP contribution in [0, 0.1) is 11.3 Å². The highest BCUT2D eigenvalue weighted by Crippen LogP contribution is 2.14. The van der Waals surface area contributed by atoms with Gasteiger partial charge in [0, 0.05) is 13.6 Å². The largest absolute Gasteiger partial charge is 0.218 e. The SMILES string of the molecule is CN(Cc1ccccc1)S(=O)(=O)Cc1cccc(C#N)c1. The summed E-state index contributed by atoms with van der Waals surface area (Å²) in [4.78, 5) is 0. The molecule has 5 heteroatoms. The van der Waals surface area contributed by atoms with Crippen LogP contribution in [-0.2, 0) is 22.3 Å². The summed E-state index contributed by atoms with van der Waals surface area (Å²) in [6, 6.07) is 18.1. The number of nitrogens with zero attached hydrogens (tertiary/aromatic N) is 2. The van der Waals surface area contributed by atoms with Crippen LogP contribution in [0.25, 0.3) is 0 Å². The molecule has 4 nitrogen and oxygen atoms in total. The molecular formula is C16H16N2O2S. The first-order valence-electron chi connectivity index (χ1n) is 6.48. The van der Waals surface area contributed by atoms with Gasteiger partial charge in [-0.15, -0.1) is 0 Å². The van der Waals surface area contributed by atoms with Crippen molar-refractivity contribution >= 4 is 10.0 Å². The average molecular weight is 300 g/mol. The first-order chi connectivity index (χ1) is 10.0. The van der Waals surface area contributed by atoms with Crippen molar-refractivity contribution in [2.24, 2.45) is 0 Å². The second-order valence-corrected chi connectivity index (χ2v) is 6.89. The summed E-state index contributed by atoms with van der Waals surface area (Å²) >= 11 is 0. The van der Waals surface area contributed by atoms with E-state index in [0.717, 1.165) is 5.56 Å². The lowest BCUT2D eigenvalue weighted by molar-refractivity contribution is 0.466. The van der Waals surface area contributed by atoms with E-state index in [1.165, 1.54) is 4.31 Å². The van der Waals surface area contributed by atoms with Crippen LogP contribution in [0.1, 0.15) is 16.7 Å². The second kappa shape index (κ2) is 6.53. The molecule has 108 valence electrons. The van der Waals surface area contributed by atoms with Crippen molar-refractivity contribution in [1.29, 1.82) is 5.26 Å². The van der Waals surface area contributed by atoms with Gasteiger partial charge < -0.3 is 0 Å². The highest BCUT2D eigenvalue weighted by atomic mass is 32.2. The van der Waals surface area contributed by atoms with E-state index in [2.05, 4.69) is 0 Å². The molecule has 0 spiro atoms. The Morgan fingerprint density at radius 1 is 1.05 bits per heavy atom. The van der Waals surface area contributed by atoms with Crippen LogP contribution in [0.3, 0.4) is 0 Å². The van der Waals surface area contributed by atoms with Gasteiger partial charge in [-0.2, -0.15) is 5.26 Å². The molecule has 2 aromatic carbocycles. The molecule has 0 radical (unpaired) electrons. The standard InChI is InChI=1S/C16H16N2O2S/c1-18(12-14-6-3-2-4-7-14)21(19,20)13-16-9-5-8-15(10-16)11-17/h2-10H,12-13H2,1H3. The summed E-state index contributed by atoms with van der Waals surface area (Å²) in [5.74, 6) is -0.105. The van der Waals surface area contributed by atoms with Crippen molar-refractivity contribution < 1.29 is 8.42 Å². The molecule has 0 unspecified atom stereocenters. The van der Waals surface area contributed by atoms with Crippen LogP contribution in [0.15, 0.2) is 54.6 Å². The van der Waals surface area contributed by atoms with Gasteiger partial charge in [0.1, 0.15) is 0 Å².